The molecule has 1 aliphatic heterocycles. The molecule has 2 aliphatic rings. The van der Waals surface area contributed by atoms with Gasteiger partial charge in [0.1, 0.15) is 0 Å². The lowest BCUT2D eigenvalue weighted by molar-refractivity contribution is 0.0832. The topological polar surface area (TPSA) is 61.8 Å². The summed E-state index contributed by atoms with van der Waals surface area (Å²) >= 11 is 0. The Bertz CT molecular complexity index is 499. The molecule has 0 radical (unpaired) electrons. The van der Waals surface area contributed by atoms with Gasteiger partial charge in [0.15, 0.2) is 0 Å². The minimum atomic E-state index is -0.0262. The highest BCUT2D eigenvalue weighted by Gasteiger charge is 2.41. The lowest BCUT2D eigenvalue weighted by atomic mass is 9.63. The van der Waals surface area contributed by atoms with Gasteiger partial charge in [0.05, 0.1) is 6.04 Å². The number of hydrogen-bond acceptors (Lipinski definition) is 3. The SMILES string of the molecule is CC1CCCN(C(=O)NCC2(C)CC(N=C=O)CC(C)(C)C2)CC1. The second kappa shape index (κ2) is 7.69. The number of rotatable bonds is 3. The van der Waals surface area contributed by atoms with Gasteiger partial charge in [-0.2, -0.15) is 0 Å². The van der Waals surface area contributed by atoms with E-state index in [1.54, 1.807) is 6.08 Å². The number of carbonyl (C=O) groups excluding carboxylic acids is 2. The number of nitrogens with zero attached hydrogens (tertiary/aromatic N) is 2. The Balaban J connectivity index is 1.93. The van der Waals surface area contributed by atoms with Crippen molar-refractivity contribution >= 4 is 12.1 Å². The van der Waals surface area contributed by atoms with E-state index in [1.807, 2.05) is 4.90 Å². The molecule has 5 heteroatoms. The first-order chi connectivity index (χ1) is 11.2. The van der Waals surface area contributed by atoms with Crippen LogP contribution in [-0.2, 0) is 4.79 Å². The molecule has 5 nitrogen and oxygen atoms in total. The molecule has 1 saturated heterocycles. The van der Waals surface area contributed by atoms with E-state index >= 15 is 0 Å². The molecular formula is C19H33N3O2. The van der Waals surface area contributed by atoms with Gasteiger partial charge in [-0.25, -0.2) is 14.6 Å². The molecule has 24 heavy (non-hydrogen) atoms. The first kappa shape index (κ1) is 19.0. The van der Waals surface area contributed by atoms with Crippen molar-refractivity contribution in [2.75, 3.05) is 19.6 Å². The van der Waals surface area contributed by atoms with Gasteiger partial charge in [0, 0.05) is 19.6 Å². The monoisotopic (exact) mass is 335 g/mol. The Morgan fingerprint density at radius 1 is 1.25 bits per heavy atom. The average Bonchev–Trinajstić information content (AvgIpc) is 2.68. The van der Waals surface area contributed by atoms with Gasteiger partial charge < -0.3 is 10.2 Å². The van der Waals surface area contributed by atoms with Gasteiger partial charge in [-0.05, 0) is 55.3 Å². The normalized spacial score (nSPS) is 33.2. The van der Waals surface area contributed by atoms with E-state index < -0.39 is 0 Å². The molecule has 2 rings (SSSR count). The third kappa shape index (κ3) is 5.34. The van der Waals surface area contributed by atoms with Crippen LogP contribution >= 0.6 is 0 Å². The predicted molar refractivity (Wildman–Crippen MR) is 95.6 cm³/mol. The molecule has 3 unspecified atom stereocenters. The van der Waals surface area contributed by atoms with E-state index in [0.717, 1.165) is 45.2 Å². The van der Waals surface area contributed by atoms with Crippen molar-refractivity contribution in [1.82, 2.24) is 10.2 Å². The van der Waals surface area contributed by atoms with Crippen LogP contribution in [0.2, 0.25) is 0 Å². The van der Waals surface area contributed by atoms with Gasteiger partial charge in [-0.15, -0.1) is 0 Å². The van der Waals surface area contributed by atoms with Crippen LogP contribution in [0.25, 0.3) is 0 Å². The zero-order valence-electron chi connectivity index (χ0n) is 15.7. The van der Waals surface area contributed by atoms with Gasteiger partial charge in [-0.3, -0.25) is 0 Å². The molecule has 1 N–H and O–H groups in total. The summed E-state index contributed by atoms with van der Waals surface area (Å²) in [5.74, 6) is 0.710. The Kier molecular flexibility index (Phi) is 6.08. The molecule has 2 amide bonds. The van der Waals surface area contributed by atoms with E-state index in [9.17, 15) is 9.59 Å². The fourth-order valence-corrected chi connectivity index (χ4v) is 4.75. The Morgan fingerprint density at radius 3 is 2.71 bits per heavy atom. The molecule has 0 aromatic carbocycles. The van der Waals surface area contributed by atoms with Crippen LogP contribution in [0.4, 0.5) is 4.79 Å². The Morgan fingerprint density at radius 2 is 2.00 bits per heavy atom. The summed E-state index contributed by atoms with van der Waals surface area (Å²) < 4.78 is 0. The highest BCUT2D eigenvalue weighted by Crippen LogP contribution is 2.46. The van der Waals surface area contributed by atoms with Crippen molar-refractivity contribution in [3.05, 3.63) is 0 Å². The summed E-state index contributed by atoms with van der Waals surface area (Å²) in [5, 5.41) is 3.15. The fraction of sp³-hybridized carbons (Fsp3) is 0.895. The molecule has 1 aliphatic carbocycles. The van der Waals surface area contributed by atoms with Crippen molar-refractivity contribution in [2.24, 2.45) is 21.7 Å². The van der Waals surface area contributed by atoms with Crippen LogP contribution in [0, 0.1) is 16.7 Å². The number of likely N-dealkylation sites (tertiary alicyclic amines) is 1. The smallest absolute Gasteiger partial charge is 0.317 e. The third-order valence-electron chi connectivity index (χ3n) is 5.63. The number of carbonyl (C=O) groups is 1. The maximum atomic E-state index is 12.5. The quantitative estimate of drug-likeness (QED) is 0.631. The Hall–Kier alpha value is -1.35. The van der Waals surface area contributed by atoms with Crippen LogP contribution in [0.3, 0.4) is 0 Å². The number of aliphatic imine (C=N–C) groups is 1. The van der Waals surface area contributed by atoms with Gasteiger partial charge in [0.2, 0.25) is 6.08 Å². The number of urea groups is 1. The third-order valence-corrected chi connectivity index (χ3v) is 5.63. The number of isocyanates is 1. The number of amides is 2. The molecular weight excluding hydrogens is 302 g/mol. The summed E-state index contributed by atoms with van der Waals surface area (Å²) in [6.45, 7) is 11.3. The molecule has 136 valence electrons. The Labute approximate surface area is 146 Å². The second-order valence-corrected chi connectivity index (χ2v) is 9.12. The van der Waals surface area contributed by atoms with Crippen molar-refractivity contribution in [3.63, 3.8) is 0 Å². The highest BCUT2D eigenvalue weighted by atomic mass is 16.2. The maximum absolute atomic E-state index is 12.5. The molecule has 1 saturated carbocycles. The summed E-state index contributed by atoms with van der Waals surface area (Å²) in [5.41, 5.74) is 0.0996. The molecule has 0 aromatic rings. The highest BCUT2D eigenvalue weighted by molar-refractivity contribution is 5.74. The van der Waals surface area contributed by atoms with Crippen LogP contribution in [0.1, 0.15) is 66.2 Å². The molecule has 2 fully saturated rings. The van der Waals surface area contributed by atoms with Gasteiger partial charge in [-0.1, -0.05) is 27.7 Å². The molecule has 0 bridgehead atoms. The van der Waals surface area contributed by atoms with E-state index in [0.29, 0.717) is 12.5 Å². The predicted octanol–water partition coefficient (Wildman–Crippen LogP) is 3.74. The van der Waals surface area contributed by atoms with Crippen LogP contribution in [0.5, 0.6) is 0 Å². The van der Waals surface area contributed by atoms with Crippen LogP contribution < -0.4 is 5.32 Å². The largest absolute Gasteiger partial charge is 0.337 e. The summed E-state index contributed by atoms with van der Waals surface area (Å²) in [6.07, 6.45) is 7.89. The summed E-state index contributed by atoms with van der Waals surface area (Å²) in [6, 6.07) is 0.0799. The summed E-state index contributed by atoms with van der Waals surface area (Å²) in [4.78, 5) is 29.1. The van der Waals surface area contributed by atoms with E-state index in [-0.39, 0.29) is 22.9 Å². The molecule has 0 aromatic heterocycles. The standard InChI is InChI=1S/C19H33N3O2/c1-15-6-5-8-22(9-7-15)17(24)20-13-19(4)11-16(21-14-23)10-18(2,3)12-19/h15-16H,5-13H2,1-4H3,(H,20,24). The van der Waals surface area contributed by atoms with Gasteiger partial charge >= 0.3 is 6.03 Å². The van der Waals surface area contributed by atoms with Gasteiger partial charge in [0.25, 0.3) is 0 Å². The average molecular weight is 335 g/mol. The zero-order valence-corrected chi connectivity index (χ0v) is 15.7. The van der Waals surface area contributed by atoms with Crippen molar-refractivity contribution in [3.8, 4) is 0 Å². The first-order valence-electron chi connectivity index (χ1n) is 9.33. The lowest BCUT2D eigenvalue weighted by Gasteiger charge is -2.45. The van der Waals surface area contributed by atoms with Crippen molar-refractivity contribution in [2.45, 2.75) is 72.3 Å². The minimum Gasteiger partial charge on any atom is -0.337 e. The lowest BCUT2D eigenvalue weighted by Crippen LogP contribution is -2.48. The van der Waals surface area contributed by atoms with E-state index in [2.05, 4.69) is 38.0 Å². The number of nitrogens with one attached hydrogen (secondary N) is 1. The second-order valence-electron chi connectivity index (χ2n) is 9.12. The molecule has 3 atom stereocenters. The van der Waals surface area contributed by atoms with E-state index in [4.69, 9.17) is 0 Å². The van der Waals surface area contributed by atoms with Crippen LogP contribution in [-0.4, -0.2) is 42.7 Å². The first-order valence-corrected chi connectivity index (χ1v) is 9.33. The molecule has 0 spiro atoms. The van der Waals surface area contributed by atoms with Crippen molar-refractivity contribution < 1.29 is 9.59 Å². The minimum absolute atomic E-state index is 0.0205. The van der Waals surface area contributed by atoms with E-state index in [1.165, 1.54) is 6.42 Å². The van der Waals surface area contributed by atoms with Crippen LogP contribution in [0.15, 0.2) is 4.99 Å². The van der Waals surface area contributed by atoms with Crippen molar-refractivity contribution in [1.29, 1.82) is 0 Å². The molecule has 1 heterocycles. The maximum Gasteiger partial charge on any atom is 0.317 e. The number of hydrogen-bond donors (Lipinski definition) is 1. The summed E-state index contributed by atoms with van der Waals surface area (Å²) in [7, 11) is 0. The fourth-order valence-electron chi connectivity index (χ4n) is 4.75. The zero-order chi connectivity index (χ0) is 17.8.